The lowest BCUT2D eigenvalue weighted by atomic mass is 9.96. The lowest BCUT2D eigenvalue weighted by Gasteiger charge is -2.27. The van der Waals surface area contributed by atoms with E-state index in [0.717, 1.165) is 25.9 Å². The molecule has 13 heavy (non-hydrogen) atoms. The zero-order valence-electron chi connectivity index (χ0n) is 8.26. The van der Waals surface area contributed by atoms with Crippen molar-refractivity contribution in [1.29, 1.82) is 5.41 Å². The van der Waals surface area contributed by atoms with Gasteiger partial charge < -0.3 is 10.2 Å². The van der Waals surface area contributed by atoms with Crippen molar-refractivity contribution in [2.75, 3.05) is 20.1 Å². The van der Waals surface area contributed by atoms with Crippen molar-refractivity contribution in [3.05, 3.63) is 0 Å². The maximum atomic E-state index is 11.4. The number of hydrogen-bond acceptors (Lipinski definition) is 3. The largest absolute Gasteiger partial charge is 0.315 e. The van der Waals surface area contributed by atoms with E-state index in [1.165, 1.54) is 0 Å². The number of amidine groups is 1. The first-order valence-corrected chi connectivity index (χ1v) is 4.64. The lowest BCUT2D eigenvalue weighted by Crippen LogP contribution is -2.40. The van der Waals surface area contributed by atoms with Gasteiger partial charge in [-0.25, -0.2) is 0 Å². The monoisotopic (exact) mass is 183 g/mol. The molecule has 1 heterocycles. The number of nitrogens with one attached hydrogen (secondary N) is 2. The number of amides is 1. The molecule has 1 amide bonds. The maximum Gasteiger partial charge on any atom is 0.228 e. The summed E-state index contributed by atoms with van der Waals surface area (Å²) in [7, 11) is 2.07. The smallest absolute Gasteiger partial charge is 0.228 e. The summed E-state index contributed by atoms with van der Waals surface area (Å²) in [5.74, 6) is 0.362. The number of carbonyl (C=O) groups excluding carboxylic acids is 1. The molecule has 0 saturated carbocycles. The van der Waals surface area contributed by atoms with Crippen LogP contribution in [0.3, 0.4) is 0 Å². The van der Waals surface area contributed by atoms with Crippen LogP contribution >= 0.6 is 0 Å². The van der Waals surface area contributed by atoms with E-state index in [-0.39, 0.29) is 17.7 Å². The fraction of sp³-hybridized carbons (Fsp3) is 0.778. The van der Waals surface area contributed by atoms with Crippen LogP contribution in [0.15, 0.2) is 0 Å². The van der Waals surface area contributed by atoms with E-state index in [2.05, 4.69) is 17.3 Å². The van der Waals surface area contributed by atoms with Crippen LogP contribution in [0.25, 0.3) is 0 Å². The quantitative estimate of drug-likeness (QED) is 0.458. The number of rotatable bonds is 1. The summed E-state index contributed by atoms with van der Waals surface area (Å²) >= 11 is 0. The molecular weight excluding hydrogens is 166 g/mol. The molecule has 0 aliphatic carbocycles. The maximum absolute atomic E-state index is 11.4. The zero-order valence-corrected chi connectivity index (χ0v) is 8.26. The van der Waals surface area contributed by atoms with Crippen LogP contribution < -0.4 is 5.32 Å². The molecule has 1 aliphatic heterocycles. The molecule has 1 saturated heterocycles. The molecule has 4 nitrogen and oxygen atoms in total. The van der Waals surface area contributed by atoms with Gasteiger partial charge in [-0.05, 0) is 39.9 Å². The van der Waals surface area contributed by atoms with Gasteiger partial charge in [0.2, 0.25) is 5.91 Å². The van der Waals surface area contributed by atoms with Crippen LogP contribution in [0.5, 0.6) is 0 Å². The van der Waals surface area contributed by atoms with Crippen LogP contribution in [0.1, 0.15) is 19.8 Å². The fourth-order valence-corrected chi connectivity index (χ4v) is 1.56. The second kappa shape index (κ2) is 4.37. The first-order valence-electron chi connectivity index (χ1n) is 4.64. The van der Waals surface area contributed by atoms with Crippen molar-refractivity contribution < 1.29 is 4.79 Å². The van der Waals surface area contributed by atoms with Gasteiger partial charge in [0, 0.05) is 5.92 Å². The second-order valence-corrected chi connectivity index (χ2v) is 3.69. The Kier molecular flexibility index (Phi) is 3.42. The summed E-state index contributed by atoms with van der Waals surface area (Å²) in [6.45, 7) is 3.55. The number of hydrogen-bond donors (Lipinski definition) is 2. The molecule has 1 rings (SSSR count). The van der Waals surface area contributed by atoms with E-state index >= 15 is 0 Å². The molecule has 4 heteroatoms. The van der Waals surface area contributed by atoms with Crippen molar-refractivity contribution in [2.45, 2.75) is 19.8 Å². The molecule has 0 aromatic rings. The van der Waals surface area contributed by atoms with Gasteiger partial charge in [0.15, 0.2) is 0 Å². The van der Waals surface area contributed by atoms with Crippen LogP contribution in [0.2, 0.25) is 0 Å². The van der Waals surface area contributed by atoms with Gasteiger partial charge in [0.05, 0.1) is 5.84 Å². The van der Waals surface area contributed by atoms with Gasteiger partial charge >= 0.3 is 0 Å². The van der Waals surface area contributed by atoms with Crippen molar-refractivity contribution in [1.82, 2.24) is 10.2 Å². The molecule has 1 fully saturated rings. The number of likely N-dealkylation sites (tertiary alicyclic amines) is 1. The fourth-order valence-electron chi connectivity index (χ4n) is 1.56. The molecule has 2 N–H and O–H groups in total. The average Bonchev–Trinajstić information content (AvgIpc) is 2.04. The summed E-state index contributed by atoms with van der Waals surface area (Å²) in [5, 5.41) is 9.69. The zero-order chi connectivity index (χ0) is 9.84. The van der Waals surface area contributed by atoms with E-state index in [1.807, 2.05) is 0 Å². The molecular formula is C9H17N3O. The Bertz CT molecular complexity index is 207. The minimum atomic E-state index is 0.0144. The van der Waals surface area contributed by atoms with Crippen molar-refractivity contribution in [2.24, 2.45) is 5.92 Å². The summed E-state index contributed by atoms with van der Waals surface area (Å²) in [5.41, 5.74) is 0. The van der Waals surface area contributed by atoms with E-state index in [0.29, 0.717) is 0 Å². The van der Waals surface area contributed by atoms with Crippen LogP contribution in [-0.2, 0) is 4.79 Å². The SMILES string of the molecule is CC(=N)NC(=O)C1CCN(C)CC1. The molecule has 0 spiro atoms. The van der Waals surface area contributed by atoms with E-state index in [9.17, 15) is 4.79 Å². The van der Waals surface area contributed by atoms with E-state index in [1.54, 1.807) is 6.92 Å². The highest BCUT2D eigenvalue weighted by Gasteiger charge is 2.23. The second-order valence-electron chi connectivity index (χ2n) is 3.69. The third-order valence-electron chi connectivity index (χ3n) is 2.40. The van der Waals surface area contributed by atoms with Crippen molar-refractivity contribution in [3.8, 4) is 0 Å². The standard InChI is InChI=1S/C9H17N3O/c1-7(10)11-9(13)8-3-5-12(2)6-4-8/h8H,3-6H2,1-2H3,(H2,10,11,13). The Hall–Kier alpha value is -0.900. The molecule has 0 unspecified atom stereocenters. The topological polar surface area (TPSA) is 56.2 Å². The normalized spacial score (nSPS) is 19.8. The molecule has 74 valence electrons. The highest BCUT2D eigenvalue weighted by molar-refractivity contribution is 5.96. The van der Waals surface area contributed by atoms with Gasteiger partial charge in [-0.1, -0.05) is 0 Å². The first kappa shape index (κ1) is 10.2. The number of carbonyl (C=O) groups is 1. The van der Waals surface area contributed by atoms with Gasteiger partial charge in [-0.2, -0.15) is 0 Å². The van der Waals surface area contributed by atoms with Gasteiger partial charge in [-0.3, -0.25) is 10.2 Å². The Morgan fingerprint density at radius 2 is 2.00 bits per heavy atom. The molecule has 0 aromatic heterocycles. The third kappa shape index (κ3) is 3.14. The molecule has 0 bridgehead atoms. The lowest BCUT2D eigenvalue weighted by molar-refractivity contribution is -0.124. The number of piperidine rings is 1. The molecule has 0 aromatic carbocycles. The summed E-state index contributed by atoms with van der Waals surface area (Å²) < 4.78 is 0. The third-order valence-corrected chi connectivity index (χ3v) is 2.40. The predicted molar refractivity (Wildman–Crippen MR) is 51.8 cm³/mol. The summed E-state index contributed by atoms with van der Waals surface area (Å²) in [4.78, 5) is 13.7. The minimum Gasteiger partial charge on any atom is -0.315 e. The minimum absolute atomic E-state index is 0.0144. The Balaban J connectivity index is 2.36. The highest BCUT2D eigenvalue weighted by atomic mass is 16.1. The van der Waals surface area contributed by atoms with Crippen LogP contribution in [-0.4, -0.2) is 36.8 Å². The van der Waals surface area contributed by atoms with Crippen molar-refractivity contribution in [3.63, 3.8) is 0 Å². The molecule has 1 aliphatic rings. The van der Waals surface area contributed by atoms with E-state index < -0.39 is 0 Å². The van der Waals surface area contributed by atoms with E-state index in [4.69, 9.17) is 5.41 Å². The van der Waals surface area contributed by atoms with Crippen LogP contribution in [0.4, 0.5) is 0 Å². The summed E-state index contributed by atoms with van der Waals surface area (Å²) in [6.07, 6.45) is 1.82. The Morgan fingerprint density at radius 1 is 1.46 bits per heavy atom. The Morgan fingerprint density at radius 3 is 2.46 bits per heavy atom. The van der Waals surface area contributed by atoms with Crippen molar-refractivity contribution >= 4 is 11.7 Å². The van der Waals surface area contributed by atoms with Gasteiger partial charge in [0.1, 0.15) is 0 Å². The van der Waals surface area contributed by atoms with Crippen LogP contribution in [0, 0.1) is 11.3 Å². The molecule has 0 atom stereocenters. The predicted octanol–water partition coefficient (Wildman–Crippen LogP) is 0.442. The molecule has 0 radical (unpaired) electrons. The first-order chi connectivity index (χ1) is 6.09. The summed E-state index contributed by atoms with van der Waals surface area (Å²) in [6, 6.07) is 0. The number of nitrogens with zero attached hydrogens (tertiary/aromatic N) is 1. The highest BCUT2D eigenvalue weighted by Crippen LogP contribution is 2.15. The van der Waals surface area contributed by atoms with Gasteiger partial charge in [-0.15, -0.1) is 0 Å². The van der Waals surface area contributed by atoms with Gasteiger partial charge in [0.25, 0.3) is 0 Å². The Labute approximate surface area is 78.8 Å². The average molecular weight is 183 g/mol.